The molecule has 0 radical (unpaired) electrons. The summed E-state index contributed by atoms with van der Waals surface area (Å²) < 4.78 is 38.5. The fourth-order valence-electron chi connectivity index (χ4n) is 2.45. The monoisotopic (exact) mass is 359 g/mol. The van der Waals surface area contributed by atoms with Gasteiger partial charge in [-0.2, -0.15) is 5.10 Å². The number of nitrogens with zero attached hydrogens (tertiary/aromatic N) is 1. The quantitative estimate of drug-likeness (QED) is 0.749. The number of hydrogen-bond acceptors (Lipinski definition) is 4. The van der Waals surface area contributed by atoms with Crippen LogP contribution in [0.5, 0.6) is 0 Å². The summed E-state index contributed by atoms with van der Waals surface area (Å²) in [7, 11) is -3.53. The molecule has 2 aromatic carbocycles. The van der Waals surface area contributed by atoms with Gasteiger partial charge in [0.2, 0.25) is 0 Å². The number of amides is 1. The van der Waals surface area contributed by atoms with Crippen LogP contribution in [0.3, 0.4) is 0 Å². The van der Waals surface area contributed by atoms with E-state index >= 15 is 0 Å². The lowest BCUT2D eigenvalue weighted by molar-refractivity contribution is 0.102. The largest absolute Gasteiger partial charge is 0.318 e. The first-order chi connectivity index (χ1) is 11.9. The third kappa shape index (κ3) is 3.43. The molecule has 3 rings (SSSR count). The van der Waals surface area contributed by atoms with Gasteiger partial charge in [-0.3, -0.25) is 9.89 Å². The molecule has 0 aliphatic rings. The van der Waals surface area contributed by atoms with Gasteiger partial charge in [-0.05, 0) is 18.2 Å². The minimum Gasteiger partial charge on any atom is -0.318 e. The molecule has 0 saturated carbocycles. The second-order valence-electron chi connectivity index (χ2n) is 5.36. The smallest absolute Gasteiger partial charge is 0.273 e. The van der Waals surface area contributed by atoms with Gasteiger partial charge in [0, 0.05) is 23.6 Å². The minimum atomic E-state index is -3.53. The van der Waals surface area contributed by atoms with E-state index in [0.29, 0.717) is 5.56 Å². The van der Waals surface area contributed by atoms with Crippen LogP contribution in [0.1, 0.15) is 10.5 Å². The number of nitrogens with one attached hydrogen (secondary N) is 2. The highest BCUT2D eigenvalue weighted by atomic mass is 32.2. The molecule has 1 amide bonds. The van der Waals surface area contributed by atoms with E-state index in [9.17, 15) is 17.6 Å². The summed E-state index contributed by atoms with van der Waals surface area (Å²) in [5.41, 5.74) is 0.641. The van der Waals surface area contributed by atoms with E-state index in [0.717, 1.165) is 6.26 Å². The van der Waals surface area contributed by atoms with Gasteiger partial charge in [-0.25, -0.2) is 12.8 Å². The van der Waals surface area contributed by atoms with Gasteiger partial charge < -0.3 is 5.32 Å². The Kier molecular flexibility index (Phi) is 4.37. The van der Waals surface area contributed by atoms with Crippen LogP contribution in [-0.2, 0) is 9.84 Å². The van der Waals surface area contributed by atoms with Crippen LogP contribution >= 0.6 is 0 Å². The molecule has 1 heterocycles. The second-order valence-corrected chi connectivity index (χ2v) is 7.34. The third-order valence-electron chi connectivity index (χ3n) is 3.57. The molecule has 0 atom stereocenters. The summed E-state index contributed by atoms with van der Waals surface area (Å²) >= 11 is 0. The van der Waals surface area contributed by atoms with E-state index in [2.05, 4.69) is 15.5 Å². The summed E-state index contributed by atoms with van der Waals surface area (Å²) in [6, 6.07) is 11.9. The van der Waals surface area contributed by atoms with Crippen LogP contribution < -0.4 is 5.32 Å². The van der Waals surface area contributed by atoms with Crippen molar-refractivity contribution in [2.45, 2.75) is 4.90 Å². The maximum absolute atomic E-state index is 14.4. The van der Waals surface area contributed by atoms with Crippen LogP contribution in [-0.4, -0.2) is 30.8 Å². The van der Waals surface area contributed by atoms with E-state index in [1.165, 1.54) is 30.5 Å². The number of carbonyl (C=O) groups is 1. The van der Waals surface area contributed by atoms with Crippen molar-refractivity contribution in [3.05, 3.63) is 66.2 Å². The Balaban J connectivity index is 2.14. The van der Waals surface area contributed by atoms with E-state index in [1.54, 1.807) is 24.3 Å². The molecule has 3 aromatic rings. The summed E-state index contributed by atoms with van der Waals surface area (Å²) in [5, 5.41) is 8.64. The van der Waals surface area contributed by atoms with Crippen molar-refractivity contribution < 1.29 is 17.6 Å². The molecule has 0 aliphatic carbocycles. The summed E-state index contributed by atoms with van der Waals surface area (Å²) in [5.74, 6) is -1.26. The summed E-state index contributed by atoms with van der Waals surface area (Å²) in [6.45, 7) is 0. The van der Waals surface area contributed by atoms with Crippen molar-refractivity contribution in [3.8, 4) is 11.1 Å². The zero-order valence-electron chi connectivity index (χ0n) is 13.2. The fraction of sp³-hybridized carbons (Fsp3) is 0.0588. The predicted octanol–water partition coefficient (Wildman–Crippen LogP) is 2.87. The molecule has 0 fully saturated rings. The Bertz CT molecular complexity index is 1030. The lowest BCUT2D eigenvalue weighted by Gasteiger charge is -2.14. The maximum Gasteiger partial charge on any atom is 0.273 e. The van der Waals surface area contributed by atoms with Crippen LogP contribution in [0.15, 0.2) is 59.6 Å². The lowest BCUT2D eigenvalue weighted by atomic mass is 10.0. The van der Waals surface area contributed by atoms with Crippen LogP contribution in [0, 0.1) is 5.82 Å². The van der Waals surface area contributed by atoms with Crippen molar-refractivity contribution in [1.29, 1.82) is 0 Å². The SMILES string of the molecule is CS(=O)(=O)c1ccccc1-c1cccc(F)c1NC(=O)c1ccn[nH]1. The van der Waals surface area contributed by atoms with Gasteiger partial charge >= 0.3 is 0 Å². The predicted molar refractivity (Wildman–Crippen MR) is 91.5 cm³/mol. The molecule has 2 N–H and O–H groups in total. The average Bonchev–Trinajstić information content (AvgIpc) is 3.10. The topological polar surface area (TPSA) is 91.9 Å². The highest BCUT2D eigenvalue weighted by Crippen LogP contribution is 2.34. The highest BCUT2D eigenvalue weighted by molar-refractivity contribution is 7.90. The number of rotatable bonds is 4. The number of benzene rings is 2. The highest BCUT2D eigenvalue weighted by Gasteiger charge is 2.20. The Morgan fingerprint density at radius 1 is 1.08 bits per heavy atom. The van der Waals surface area contributed by atoms with Crippen molar-refractivity contribution in [3.63, 3.8) is 0 Å². The second kappa shape index (κ2) is 6.48. The molecule has 0 spiro atoms. The molecular formula is C17H14FN3O3S. The maximum atomic E-state index is 14.4. The van der Waals surface area contributed by atoms with Gasteiger partial charge in [0.1, 0.15) is 11.5 Å². The summed E-state index contributed by atoms with van der Waals surface area (Å²) in [4.78, 5) is 12.3. The van der Waals surface area contributed by atoms with Crippen molar-refractivity contribution in [2.75, 3.05) is 11.6 Å². The Morgan fingerprint density at radius 3 is 2.48 bits per heavy atom. The molecule has 25 heavy (non-hydrogen) atoms. The number of anilines is 1. The standard InChI is InChI=1S/C17H14FN3O3S/c1-25(23,24)15-8-3-2-5-11(15)12-6-4-7-13(18)16(12)20-17(22)14-9-10-19-21-14/h2-10H,1H3,(H,19,21)(H,20,22). The molecule has 8 heteroatoms. The van der Waals surface area contributed by atoms with Crippen molar-refractivity contribution >= 4 is 21.4 Å². The van der Waals surface area contributed by atoms with Crippen LogP contribution in [0.4, 0.5) is 10.1 Å². The van der Waals surface area contributed by atoms with Gasteiger partial charge in [-0.15, -0.1) is 0 Å². The molecule has 128 valence electrons. The zero-order valence-corrected chi connectivity index (χ0v) is 14.0. The van der Waals surface area contributed by atoms with Crippen molar-refractivity contribution in [2.24, 2.45) is 0 Å². The number of hydrogen-bond donors (Lipinski definition) is 2. The first-order valence-electron chi connectivity index (χ1n) is 7.26. The lowest BCUT2D eigenvalue weighted by Crippen LogP contribution is -2.14. The minimum absolute atomic E-state index is 0.0534. The Labute approximate surface area is 143 Å². The van der Waals surface area contributed by atoms with E-state index < -0.39 is 21.6 Å². The molecule has 0 saturated heterocycles. The van der Waals surface area contributed by atoms with Crippen LogP contribution in [0.25, 0.3) is 11.1 Å². The van der Waals surface area contributed by atoms with E-state index in [4.69, 9.17) is 0 Å². The van der Waals surface area contributed by atoms with E-state index in [1.807, 2.05) is 0 Å². The molecule has 0 unspecified atom stereocenters. The average molecular weight is 359 g/mol. The molecule has 1 aromatic heterocycles. The number of sulfone groups is 1. The van der Waals surface area contributed by atoms with Crippen LogP contribution in [0.2, 0.25) is 0 Å². The fourth-order valence-corrected chi connectivity index (χ4v) is 3.35. The van der Waals surface area contributed by atoms with Crippen molar-refractivity contribution in [1.82, 2.24) is 10.2 Å². The van der Waals surface area contributed by atoms with E-state index in [-0.39, 0.29) is 21.8 Å². The molecule has 0 aliphatic heterocycles. The zero-order chi connectivity index (χ0) is 18.0. The third-order valence-corrected chi connectivity index (χ3v) is 4.73. The molecule has 0 bridgehead atoms. The van der Waals surface area contributed by atoms with Gasteiger partial charge in [0.15, 0.2) is 9.84 Å². The number of H-pyrrole nitrogens is 1. The molecule has 6 nitrogen and oxygen atoms in total. The Morgan fingerprint density at radius 2 is 1.80 bits per heavy atom. The number of carbonyl (C=O) groups excluding carboxylic acids is 1. The van der Waals surface area contributed by atoms with Gasteiger partial charge in [0.25, 0.3) is 5.91 Å². The number of para-hydroxylation sites is 1. The first-order valence-corrected chi connectivity index (χ1v) is 9.16. The number of aromatic amines is 1. The Hall–Kier alpha value is -3.00. The summed E-state index contributed by atoms with van der Waals surface area (Å²) in [6.07, 6.45) is 2.48. The first kappa shape index (κ1) is 16.8. The molecular weight excluding hydrogens is 345 g/mol. The number of halogens is 1. The number of aromatic nitrogens is 2. The normalized spacial score (nSPS) is 11.3. The van der Waals surface area contributed by atoms with Gasteiger partial charge in [-0.1, -0.05) is 30.3 Å². The van der Waals surface area contributed by atoms with Gasteiger partial charge in [0.05, 0.1) is 10.6 Å².